The van der Waals surface area contributed by atoms with Crippen molar-refractivity contribution in [2.45, 2.75) is 37.4 Å². The number of carbonyl (C=O) groups is 1. The third kappa shape index (κ3) is 5.28. The van der Waals surface area contributed by atoms with Crippen molar-refractivity contribution in [3.63, 3.8) is 0 Å². The Kier molecular flexibility index (Phi) is 6.85. The molecule has 0 aromatic carbocycles. The number of amides is 1. The summed E-state index contributed by atoms with van der Waals surface area (Å²) in [7, 11) is 0. The van der Waals surface area contributed by atoms with Crippen LogP contribution in [-0.2, 0) is 4.79 Å². The van der Waals surface area contributed by atoms with E-state index in [-0.39, 0.29) is 11.2 Å². The van der Waals surface area contributed by atoms with E-state index in [9.17, 15) is 4.79 Å². The van der Waals surface area contributed by atoms with Gasteiger partial charge in [0, 0.05) is 18.0 Å². The van der Waals surface area contributed by atoms with Crippen LogP contribution in [0.5, 0.6) is 0 Å². The fraction of sp³-hybridized carbons (Fsp3) is 0.900. The smallest absolute Gasteiger partial charge is 0.233 e. The first-order chi connectivity index (χ1) is 7.84. The van der Waals surface area contributed by atoms with E-state index in [1.54, 1.807) is 11.8 Å². The molecule has 5 nitrogen and oxygen atoms in total. The van der Waals surface area contributed by atoms with Crippen LogP contribution in [0.15, 0.2) is 5.11 Å². The van der Waals surface area contributed by atoms with Gasteiger partial charge < -0.3 is 5.32 Å². The highest BCUT2D eigenvalue weighted by molar-refractivity contribution is 8.00. The SMILES string of the molecule is [N-]=[N+]=NCCCCNC(=O)C1CCCCS1. The lowest BCUT2D eigenvalue weighted by Gasteiger charge is -2.20. The number of thioether (sulfide) groups is 1. The van der Waals surface area contributed by atoms with Crippen LogP contribution in [0.2, 0.25) is 0 Å². The number of unbranched alkanes of at least 4 members (excludes halogenated alkanes) is 1. The lowest BCUT2D eigenvalue weighted by molar-refractivity contribution is -0.120. The number of nitrogens with zero attached hydrogens (tertiary/aromatic N) is 3. The van der Waals surface area contributed by atoms with Crippen molar-refractivity contribution in [3.8, 4) is 0 Å². The molecule has 1 amide bonds. The molecule has 1 unspecified atom stereocenters. The molecule has 0 aromatic heterocycles. The zero-order valence-electron chi connectivity index (χ0n) is 9.39. The fourth-order valence-corrected chi connectivity index (χ4v) is 2.85. The minimum Gasteiger partial charge on any atom is -0.355 e. The first kappa shape index (κ1) is 13.2. The van der Waals surface area contributed by atoms with Gasteiger partial charge in [-0.05, 0) is 37.0 Å². The third-order valence-electron chi connectivity index (χ3n) is 2.52. The second-order valence-corrected chi connectivity index (χ2v) is 5.12. The summed E-state index contributed by atoms with van der Waals surface area (Å²) in [5.74, 6) is 1.28. The van der Waals surface area contributed by atoms with E-state index in [2.05, 4.69) is 15.3 Å². The van der Waals surface area contributed by atoms with Gasteiger partial charge in [-0.25, -0.2) is 0 Å². The average molecular weight is 242 g/mol. The van der Waals surface area contributed by atoms with Crippen LogP contribution in [-0.4, -0.2) is 30.0 Å². The first-order valence-corrected chi connectivity index (χ1v) is 6.79. The Labute approximate surface area is 100.0 Å². The van der Waals surface area contributed by atoms with Gasteiger partial charge in [-0.1, -0.05) is 11.5 Å². The van der Waals surface area contributed by atoms with Gasteiger partial charge in [-0.2, -0.15) is 0 Å². The summed E-state index contributed by atoms with van der Waals surface area (Å²) in [5.41, 5.74) is 8.07. The Morgan fingerprint density at radius 3 is 3.06 bits per heavy atom. The summed E-state index contributed by atoms with van der Waals surface area (Å²) >= 11 is 1.76. The van der Waals surface area contributed by atoms with Gasteiger partial charge in [0.25, 0.3) is 0 Å². The fourth-order valence-electron chi connectivity index (χ4n) is 1.63. The number of nitrogens with one attached hydrogen (secondary N) is 1. The van der Waals surface area contributed by atoms with Crippen LogP contribution < -0.4 is 5.32 Å². The molecule has 0 radical (unpaired) electrons. The zero-order chi connectivity index (χ0) is 11.6. The molecule has 1 atom stereocenters. The van der Waals surface area contributed by atoms with E-state index >= 15 is 0 Å². The lowest BCUT2D eigenvalue weighted by atomic mass is 10.2. The molecule has 1 heterocycles. The first-order valence-electron chi connectivity index (χ1n) is 5.75. The molecule has 0 bridgehead atoms. The Hall–Kier alpha value is -0.870. The van der Waals surface area contributed by atoms with Crippen molar-refractivity contribution in [1.29, 1.82) is 0 Å². The molecular weight excluding hydrogens is 224 g/mol. The van der Waals surface area contributed by atoms with Gasteiger partial charge in [0.05, 0.1) is 5.25 Å². The van der Waals surface area contributed by atoms with E-state index in [0.29, 0.717) is 13.1 Å². The maximum Gasteiger partial charge on any atom is 0.233 e. The largest absolute Gasteiger partial charge is 0.355 e. The van der Waals surface area contributed by atoms with E-state index in [4.69, 9.17) is 5.53 Å². The topological polar surface area (TPSA) is 77.9 Å². The van der Waals surface area contributed by atoms with Crippen molar-refractivity contribution in [1.82, 2.24) is 5.32 Å². The highest BCUT2D eigenvalue weighted by Crippen LogP contribution is 2.24. The summed E-state index contributed by atoms with van der Waals surface area (Å²) in [6.07, 6.45) is 5.13. The van der Waals surface area contributed by atoms with E-state index < -0.39 is 0 Å². The molecule has 90 valence electrons. The molecule has 0 aromatic rings. The maximum absolute atomic E-state index is 11.7. The van der Waals surface area contributed by atoms with Gasteiger partial charge in [0.2, 0.25) is 5.91 Å². The molecular formula is C10H18N4OS. The minimum atomic E-state index is 0.158. The molecule has 16 heavy (non-hydrogen) atoms. The normalized spacial score (nSPS) is 19.9. The summed E-state index contributed by atoms with van der Waals surface area (Å²) < 4.78 is 0. The van der Waals surface area contributed by atoms with Gasteiger partial charge in [0.1, 0.15) is 0 Å². The average Bonchev–Trinajstić information content (AvgIpc) is 2.34. The summed E-state index contributed by atoms with van der Waals surface area (Å²) in [5, 5.41) is 6.54. The van der Waals surface area contributed by atoms with E-state index in [0.717, 1.165) is 25.0 Å². The van der Waals surface area contributed by atoms with Crippen molar-refractivity contribution < 1.29 is 4.79 Å². The van der Waals surface area contributed by atoms with Gasteiger partial charge in [-0.15, -0.1) is 11.8 Å². The predicted molar refractivity (Wildman–Crippen MR) is 66.4 cm³/mol. The molecule has 1 aliphatic heterocycles. The zero-order valence-corrected chi connectivity index (χ0v) is 10.2. The van der Waals surface area contributed by atoms with Gasteiger partial charge >= 0.3 is 0 Å². The molecule has 1 saturated heterocycles. The monoisotopic (exact) mass is 242 g/mol. The molecule has 1 fully saturated rings. The van der Waals surface area contributed by atoms with Crippen molar-refractivity contribution in [2.75, 3.05) is 18.8 Å². The number of hydrogen-bond donors (Lipinski definition) is 1. The predicted octanol–water partition coefficient (Wildman–Crippen LogP) is 2.48. The molecule has 1 aliphatic rings. The van der Waals surface area contributed by atoms with Crippen LogP contribution >= 0.6 is 11.8 Å². The molecule has 0 aliphatic carbocycles. The number of rotatable bonds is 6. The Morgan fingerprint density at radius 2 is 2.38 bits per heavy atom. The molecule has 0 spiro atoms. The van der Waals surface area contributed by atoms with Gasteiger partial charge in [-0.3, -0.25) is 4.79 Å². The van der Waals surface area contributed by atoms with Crippen LogP contribution in [0.25, 0.3) is 10.4 Å². The van der Waals surface area contributed by atoms with Crippen molar-refractivity contribution in [2.24, 2.45) is 5.11 Å². The van der Waals surface area contributed by atoms with E-state index in [1.165, 1.54) is 12.8 Å². The highest BCUT2D eigenvalue weighted by Gasteiger charge is 2.20. The summed E-state index contributed by atoms with van der Waals surface area (Å²) in [4.78, 5) is 14.3. The minimum absolute atomic E-state index is 0.158. The number of hydrogen-bond acceptors (Lipinski definition) is 3. The van der Waals surface area contributed by atoms with Crippen molar-refractivity contribution in [3.05, 3.63) is 10.4 Å². The summed E-state index contributed by atoms with van der Waals surface area (Å²) in [6, 6.07) is 0. The highest BCUT2D eigenvalue weighted by atomic mass is 32.2. The third-order valence-corrected chi connectivity index (χ3v) is 3.90. The van der Waals surface area contributed by atoms with Gasteiger partial charge in [0.15, 0.2) is 0 Å². The van der Waals surface area contributed by atoms with Crippen LogP contribution in [0.3, 0.4) is 0 Å². The second kappa shape index (κ2) is 8.30. The molecule has 1 N–H and O–H groups in total. The number of azide groups is 1. The molecule has 1 rings (SSSR count). The van der Waals surface area contributed by atoms with Crippen LogP contribution in [0.1, 0.15) is 32.1 Å². The molecule has 6 heteroatoms. The standard InChI is InChI=1S/C10H18N4OS/c11-14-13-7-3-2-6-12-10(15)9-5-1-4-8-16-9/h9H,1-8H2,(H,12,15). The number of carbonyl (C=O) groups excluding carboxylic acids is 1. The Bertz CT molecular complexity index is 260. The molecule has 0 saturated carbocycles. The maximum atomic E-state index is 11.7. The quantitative estimate of drug-likeness (QED) is 0.336. The van der Waals surface area contributed by atoms with Crippen LogP contribution in [0, 0.1) is 0 Å². The lowest BCUT2D eigenvalue weighted by Crippen LogP contribution is -2.34. The van der Waals surface area contributed by atoms with E-state index in [1.807, 2.05) is 0 Å². The van der Waals surface area contributed by atoms with Crippen LogP contribution in [0.4, 0.5) is 0 Å². The van der Waals surface area contributed by atoms with Crippen molar-refractivity contribution >= 4 is 17.7 Å². The second-order valence-electron chi connectivity index (χ2n) is 3.81. The Morgan fingerprint density at radius 1 is 1.50 bits per heavy atom. The summed E-state index contributed by atoms with van der Waals surface area (Å²) in [6.45, 7) is 1.21. The Balaban J connectivity index is 2.03.